The first-order valence-electron chi connectivity index (χ1n) is 7.72. The highest BCUT2D eigenvalue weighted by molar-refractivity contribution is 7.89. The summed E-state index contributed by atoms with van der Waals surface area (Å²) >= 11 is 1.74. The summed E-state index contributed by atoms with van der Waals surface area (Å²) in [5, 5.41) is 2.07. The van der Waals surface area contributed by atoms with Crippen LogP contribution in [-0.2, 0) is 16.4 Å². The first-order chi connectivity index (χ1) is 11.3. The van der Waals surface area contributed by atoms with Crippen molar-refractivity contribution in [3.63, 3.8) is 0 Å². The smallest absolute Gasteiger partial charge is 0.254 e. The summed E-state index contributed by atoms with van der Waals surface area (Å²) in [6.07, 6.45) is 0.871. The largest absolute Gasteiger partial charge is 0.331 e. The van der Waals surface area contributed by atoms with Crippen LogP contribution >= 0.6 is 11.3 Å². The van der Waals surface area contributed by atoms with Gasteiger partial charge in [-0.05, 0) is 54.6 Å². The molecule has 24 heavy (non-hydrogen) atoms. The molecule has 0 radical (unpaired) electrons. The molecule has 1 aliphatic heterocycles. The molecule has 1 aromatic heterocycles. The Labute approximate surface area is 146 Å². The monoisotopic (exact) mass is 364 g/mol. The van der Waals surface area contributed by atoms with Crippen LogP contribution in [0.25, 0.3) is 0 Å². The van der Waals surface area contributed by atoms with E-state index in [4.69, 9.17) is 0 Å². The SMILES string of the molecule is CC1c2ccsc2CCN1C(=O)c1ccc(S(=O)(=O)N(C)C)cc1. The number of rotatable bonds is 3. The van der Waals surface area contributed by atoms with Crippen LogP contribution in [-0.4, -0.2) is 44.2 Å². The quantitative estimate of drug-likeness (QED) is 0.841. The third-order valence-electron chi connectivity index (χ3n) is 4.42. The molecule has 128 valence electrons. The van der Waals surface area contributed by atoms with Gasteiger partial charge in [0.25, 0.3) is 5.91 Å². The summed E-state index contributed by atoms with van der Waals surface area (Å²) in [4.78, 5) is 16.2. The highest BCUT2D eigenvalue weighted by atomic mass is 32.2. The summed E-state index contributed by atoms with van der Waals surface area (Å²) in [6.45, 7) is 2.72. The van der Waals surface area contributed by atoms with E-state index in [9.17, 15) is 13.2 Å². The van der Waals surface area contributed by atoms with E-state index in [2.05, 4.69) is 11.4 Å². The van der Waals surface area contributed by atoms with Crippen molar-refractivity contribution in [2.45, 2.75) is 24.3 Å². The summed E-state index contributed by atoms with van der Waals surface area (Å²) in [5.41, 5.74) is 1.73. The number of nitrogens with zero attached hydrogens (tertiary/aromatic N) is 2. The Hall–Kier alpha value is -1.70. The van der Waals surface area contributed by atoms with Crippen LogP contribution in [0.3, 0.4) is 0 Å². The molecular formula is C17H20N2O3S2. The third-order valence-corrected chi connectivity index (χ3v) is 7.24. The summed E-state index contributed by atoms with van der Waals surface area (Å²) in [5.74, 6) is -0.0619. The second-order valence-electron chi connectivity index (χ2n) is 6.04. The van der Waals surface area contributed by atoms with E-state index >= 15 is 0 Å². The van der Waals surface area contributed by atoms with Gasteiger partial charge in [-0.1, -0.05) is 0 Å². The van der Waals surface area contributed by atoms with E-state index in [-0.39, 0.29) is 16.8 Å². The molecule has 0 spiro atoms. The molecular weight excluding hydrogens is 344 g/mol. The third kappa shape index (κ3) is 2.87. The maximum absolute atomic E-state index is 12.8. The van der Waals surface area contributed by atoms with Crippen molar-refractivity contribution in [3.05, 3.63) is 51.7 Å². The fraction of sp³-hybridized carbons (Fsp3) is 0.353. The molecule has 0 saturated carbocycles. The summed E-state index contributed by atoms with van der Waals surface area (Å²) in [7, 11) is -0.501. The van der Waals surface area contributed by atoms with Crippen molar-refractivity contribution in [1.29, 1.82) is 0 Å². The molecule has 3 rings (SSSR count). The Morgan fingerprint density at radius 2 is 1.88 bits per heavy atom. The standard InChI is InChI=1S/C17H20N2O3S2/c1-12-15-9-11-23-16(15)8-10-19(12)17(20)13-4-6-14(7-5-13)24(21,22)18(2)3/h4-7,9,11-12H,8,10H2,1-3H3. The molecule has 0 bridgehead atoms. The summed E-state index contributed by atoms with van der Waals surface area (Å²) in [6, 6.07) is 8.29. The van der Waals surface area contributed by atoms with Crippen LogP contribution < -0.4 is 0 Å². The zero-order chi connectivity index (χ0) is 17.5. The lowest BCUT2D eigenvalue weighted by molar-refractivity contribution is 0.0679. The van der Waals surface area contributed by atoms with E-state index in [0.29, 0.717) is 12.1 Å². The van der Waals surface area contributed by atoms with Gasteiger partial charge in [0.15, 0.2) is 0 Å². The Kier molecular flexibility index (Phi) is 4.50. The fourth-order valence-corrected chi connectivity index (χ4v) is 4.80. The van der Waals surface area contributed by atoms with Crippen molar-refractivity contribution in [2.24, 2.45) is 0 Å². The van der Waals surface area contributed by atoms with Crippen molar-refractivity contribution >= 4 is 27.3 Å². The van der Waals surface area contributed by atoms with Crippen LogP contribution in [0.2, 0.25) is 0 Å². The number of carbonyl (C=O) groups is 1. The minimum atomic E-state index is -3.48. The maximum Gasteiger partial charge on any atom is 0.254 e. The molecule has 0 saturated heterocycles. The average molecular weight is 364 g/mol. The molecule has 1 unspecified atom stereocenters. The Bertz CT molecular complexity index is 854. The fourth-order valence-electron chi connectivity index (χ4n) is 2.93. The van der Waals surface area contributed by atoms with Gasteiger partial charge in [0.1, 0.15) is 0 Å². The molecule has 2 aromatic rings. The Morgan fingerprint density at radius 3 is 2.50 bits per heavy atom. The number of benzene rings is 1. The predicted octanol–water partition coefficient (Wildman–Crippen LogP) is 2.76. The molecule has 1 atom stereocenters. The molecule has 5 nitrogen and oxygen atoms in total. The van der Waals surface area contributed by atoms with Gasteiger partial charge in [-0.2, -0.15) is 0 Å². The molecule has 1 amide bonds. The van der Waals surface area contributed by atoms with Crippen LogP contribution in [0.15, 0.2) is 40.6 Å². The highest BCUT2D eigenvalue weighted by Crippen LogP contribution is 2.33. The van der Waals surface area contributed by atoms with Gasteiger partial charge in [-0.25, -0.2) is 12.7 Å². The number of hydrogen-bond donors (Lipinski definition) is 0. The van der Waals surface area contributed by atoms with Crippen molar-refractivity contribution in [2.75, 3.05) is 20.6 Å². The Morgan fingerprint density at radius 1 is 1.21 bits per heavy atom. The van der Waals surface area contributed by atoms with Gasteiger partial charge >= 0.3 is 0 Å². The molecule has 1 aromatic carbocycles. The van der Waals surface area contributed by atoms with Crippen LogP contribution in [0.4, 0.5) is 0 Å². The lowest BCUT2D eigenvalue weighted by Crippen LogP contribution is -2.38. The van der Waals surface area contributed by atoms with Crippen molar-refractivity contribution in [3.8, 4) is 0 Å². The van der Waals surface area contributed by atoms with E-state index in [1.807, 2.05) is 11.8 Å². The van der Waals surface area contributed by atoms with Crippen molar-refractivity contribution in [1.82, 2.24) is 9.21 Å². The first-order valence-corrected chi connectivity index (χ1v) is 10.0. The van der Waals surface area contributed by atoms with Gasteiger partial charge in [-0.3, -0.25) is 4.79 Å². The van der Waals surface area contributed by atoms with Gasteiger partial charge in [-0.15, -0.1) is 11.3 Å². The number of hydrogen-bond acceptors (Lipinski definition) is 4. The minimum Gasteiger partial charge on any atom is -0.331 e. The summed E-state index contributed by atoms with van der Waals surface area (Å²) < 4.78 is 25.4. The van der Waals surface area contributed by atoms with Crippen LogP contribution in [0.5, 0.6) is 0 Å². The van der Waals surface area contributed by atoms with Crippen molar-refractivity contribution < 1.29 is 13.2 Å². The number of thiophene rings is 1. The maximum atomic E-state index is 12.8. The zero-order valence-electron chi connectivity index (χ0n) is 13.9. The molecule has 0 N–H and O–H groups in total. The topological polar surface area (TPSA) is 57.7 Å². The second kappa shape index (κ2) is 6.31. The molecule has 2 heterocycles. The molecule has 0 aliphatic carbocycles. The second-order valence-corrected chi connectivity index (χ2v) is 9.19. The van der Waals surface area contributed by atoms with Gasteiger partial charge < -0.3 is 4.90 Å². The van der Waals surface area contributed by atoms with Gasteiger partial charge in [0.05, 0.1) is 10.9 Å². The molecule has 0 fully saturated rings. The zero-order valence-corrected chi connectivity index (χ0v) is 15.5. The predicted molar refractivity (Wildman–Crippen MR) is 94.8 cm³/mol. The number of carbonyl (C=O) groups excluding carboxylic acids is 1. The van der Waals surface area contributed by atoms with Crippen LogP contribution in [0, 0.1) is 0 Å². The van der Waals surface area contributed by atoms with E-state index in [0.717, 1.165) is 10.7 Å². The van der Waals surface area contributed by atoms with E-state index in [1.54, 1.807) is 23.5 Å². The highest BCUT2D eigenvalue weighted by Gasteiger charge is 2.29. The average Bonchev–Trinajstić information content (AvgIpc) is 3.04. The number of fused-ring (bicyclic) bond motifs is 1. The van der Waals surface area contributed by atoms with E-state index in [1.165, 1.54) is 36.7 Å². The first kappa shape index (κ1) is 17.1. The molecule has 7 heteroatoms. The lowest BCUT2D eigenvalue weighted by Gasteiger charge is -2.33. The van der Waals surface area contributed by atoms with Gasteiger partial charge in [0.2, 0.25) is 10.0 Å². The van der Waals surface area contributed by atoms with Gasteiger partial charge in [0, 0.05) is 31.1 Å². The normalized spacial score (nSPS) is 17.8. The lowest BCUT2D eigenvalue weighted by atomic mass is 10.0. The Balaban J connectivity index is 1.84. The van der Waals surface area contributed by atoms with E-state index < -0.39 is 10.0 Å². The minimum absolute atomic E-state index is 0.0395. The molecule has 1 aliphatic rings. The number of sulfonamides is 1. The van der Waals surface area contributed by atoms with Crippen LogP contribution in [0.1, 0.15) is 33.8 Å². The number of amides is 1.